The maximum atomic E-state index is 13.2. The summed E-state index contributed by atoms with van der Waals surface area (Å²) in [4.78, 5) is 23.8. The lowest BCUT2D eigenvalue weighted by molar-refractivity contribution is -0.137. The molecule has 4 aromatic rings. The lowest BCUT2D eigenvalue weighted by atomic mass is 10.1. The van der Waals surface area contributed by atoms with E-state index in [4.69, 9.17) is 0 Å². The number of amides is 1. The Bertz CT molecular complexity index is 1360. The van der Waals surface area contributed by atoms with Gasteiger partial charge in [0.25, 0.3) is 5.91 Å². The first-order valence-corrected chi connectivity index (χ1v) is 10.9. The van der Waals surface area contributed by atoms with Crippen molar-refractivity contribution in [2.75, 3.05) is 23.3 Å². The van der Waals surface area contributed by atoms with Gasteiger partial charge in [-0.15, -0.1) is 0 Å². The van der Waals surface area contributed by atoms with E-state index in [1.54, 1.807) is 16.8 Å². The normalized spacial score (nSPS) is 13.7. The summed E-state index contributed by atoms with van der Waals surface area (Å²) >= 11 is 0. The first kappa shape index (κ1) is 21.9. The van der Waals surface area contributed by atoms with Crippen LogP contribution in [0.5, 0.6) is 0 Å². The van der Waals surface area contributed by atoms with E-state index in [0.29, 0.717) is 17.9 Å². The van der Waals surface area contributed by atoms with Crippen LogP contribution in [0.2, 0.25) is 0 Å². The fraction of sp³-hybridized carbons (Fsp3) is 0.240. The number of carbonyl (C=O) groups excluding carboxylic acids is 1. The van der Waals surface area contributed by atoms with Crippen molar-refractivity contribution in [1.82, 2.24) is 14.5 Å². The van der Waals surface area contributed by atoms with Crippen LogP contribution in [0.3, 0.4) is 0 Å². The van der Waals surface area contributed by atoms with Crippen molar-refractivity contribution in [3.8, 4) is 0 Å². The van der Waals surface area contributed by atoms with E-state index in [2.05, 4.69) is 20.2 Å². The van der Waals surface area contributed by atoms with Gasteiger partial charge in [-0.25, -0.2) is 9.97 Å². The zero-order valence-electron chi connectivity index (χ0n) is 18.4. The average Bonchev–Trinajstić information content (AvgIpc) is 3.11. The van der Waals surface area contributed by atoms with E-state index in [1.807, 2.05) is 37.3 Å². The topological polar surface area (TPSA) is 63.1 Å². The summed E-state index contributed by atoms with van der Waals surface area (Å²) in [5.74, 6) is 0.402. The SMILES string of the molecule is Cc1cccc(Cn2c(C(=O)Nc3ccc(N4CCC4)nc3)cc3cc(C(F)(F)F)cnc32)c1. The van der Waals surface area contributed by atoms with E-state index in [1.165, 1.54) is 6.07 Å². The number of carbonyl (C=O) groups is 1. The summed E-state index contributed by atoms with van der Waals surface area (Å²) in [5, 5.41) is 3.06. The molecule has 1 aliphatic heterocycles. The Hall–Kier alpha value is -3.88. The largest absolute Gasteiger partial charge is 0.417 e. The molecule has 174 valence electrons. The molecule has 0 bridgehead atoms. The Morgan fingerprint density at radius 3 is 2.53 bits per heavy atom. The van der Waals surface area contributed by atoms with Crippen molar-refractivity contribution in [3.05, 3.63) is 83.3 Å². The number of fused-ring (bicyclic) bond motifs is 1. The minimum absolute atomic E-state index is 0.218. The highest BCUT2D eigenvalue weighted by Crippen LogP contribution is 2.32. The minimum Gasteiger partial charge on any atom is -0.356 e. The van der Waals surface area contributed by atoms with Crippen molar-refractivity contribution in [2.24, 2.45) is 0 Å². The first-order chi connectivity index (χ1) is 16.3. The highest BCUT2D eigenvalue weighted by Gasteiger charge is 2.32. The molecule has 3 aromatic heterocycles. The standard InChI is InChI=1S/C25H22F3N5O/c1-16-4-2-5-17(10-16)15-33-21(12-18-11-19(25(26,27)28)13-30-23(18)33)24(34)31-20-6-7-22(29-14-20)32-8-3-9-32/h2,4-7,10-14H,3,8-9,15H2,1H3,(H,31,34). The molecule has 1 saturated heterocycles. The van der Waals surface area contributed by atoms with Gasteiger partial charge in [-0.1, -0.05) is 29.8 Å². The Labute approximate surface area is 194 Å². The van der Waals surface area contributed by atoms with Crippen molar-refractivity contribution < 1.29 is 18.0 Å². The summed E-state index contributed by atoms with van der Waals surface area (Å²) < 4.78 is 41.4. The van der Waals surface area contributed by atoms with Crippen LogP contribution < -0.4 is 10.2 Å². The van der Waals surface area contributed by atoms with Crippen molar-refractivity contribution in [1.29, 1.82) is 0 Å². The van der Waals surface area contributed by atoms with Crippen LogP contribution in [-0.4, -0.2) is 33.5 Å². The van der Waals surface area contributed by atoms with E-state index >= 15 is 0 Å². The highest BCUT2D eigenvalue weighted by atomic mass is 19.4. The van der Waals surface area contributed by atoms with Gasteiger partial charge in [0.05, 0.1) is 17.4 Å². The summed E-state index contributed by atoms with van der Waals surface area (Å²) in [6.45, 7) is 4.17. The van der Waals surface area contributed by atoms with Crippen LogP contribution in [0.4, 0.5) is 24.7 Å². The number of anilines is 2. The van der Waals surface area contributed by atoms with E-state index in [0.717, 1.165) is 48.7 Å². The van der Waals surface area contributed by atoms with Crippen LogP contribution in [-0.2, 0) is 12.7 Å². The highest BCUT2D eigenvalue weighted by molar-refractivity contribution is 6.06. The smallest absolute Gasteiger partial charge is 0.356 e. The van der Waals surface area contributed by atoms with Gasteiger partial charge in [0, 0.05) is 31.2 Å². The van der Waals surface area contributed by atoms with Gasteiger partial charge in [0.15, 0.2) is 0 Å². The minimum atomic E-state index is -4.52. The number of rotatable bonds is 5. The van der Waals surface area contributed by atoms with Crippen LogP contribution in [0.1, 0.15) is 33.6 Å². The molecule has 6 nitrogen and oxygen atoms in total. The summed E-state index contributed by atoms with van der Waals surface area (Å²) in [6, 6.07) is 13.8. The van der Waals surface area contributed by atoms with Gasteiger partial charge in [-0.05, 0) is 43.2 Å². The second-order valence-corrected chi connectivity index (χ2v) is 8.44. The Morgan fingerprint density at radius 2 is 1.88 bits per heavy atom. The molecule has 1 fully saturated rings. The summed E-state index contributed by atoms with van der Waals surface area (Å²) in [6.07, 6.45) is -1.00. The van der Waals surface area contributed by atoms with Gasteiger partial charge in [-0.2, -0.15) is 13.2 Å². The molecule has 1 amide bonds. The van der Waals surface area contributed by atoms with E-state index < -0.39 is 17.6 Å². The monoisotopic (exact) mass is 465 g/mol. The van der Waals surface area contributed by atoms with Gasteiger partial charge < -0.3 is 14.8 Å². The van der Waals surface area contributed by atoms with Gasteiger partial charge in [0.1, 0.15) is 17.2 Å². The molecule has 1 aliphatic rings. The maximum absolute atomic E-state index is 13.2. The predicted molar refractivity (Wildman–Crippen MR) is 124 cm³/mol. The number of halogens is 3. The summed E-state index contributed by atoms with van der Waals surface area (Å²) in [7, 11) is 0. The van der Waals surface area contributed by atoms with Crippen molar-refractivity contribution in [2.45, 2.75) is 26.1 Å². The number of benzene rings is 1. The third-order valence-electron chi connectivity index (χ3n) is 5.90. The maximum Gasteiger partial charge on any atom is 0.417 e. The molecule has 4 heterocycles. The first-order valence-electron chi connectivity index (χ1n) is 10.9. The van der Waals surface area contributed by atoms with Crippen molar-refractivity contribution in [3.63, 3.8) is 0 Å². The van der Waals surface area contributed by atoms with Gasteiger partial charge in [-0.3, -0.25) is 4.79 Å². The molecule has 9 heteroatoms. The number of pyridine rings is 2. The third-order valence-corrected chi connectivity index (χ3v) is 5.90. The van der Waals surface area contributed by atoms with Crippen molar-refractivity contribution >= 4 is 28.4 Å². The summed E-state index contributed by atoms with van der Waals surface area (Å²) in [5.41, 5.74) is 2.13. The van der Waals surface area contributed by atoms with Crippen LogP contribution >= 0.6 is 0 Å². The Kier molecular flexibility index (Phi) is 5.47. The molecular weight excluding hydrogens is 443 g/mol. The lowest BCUT2D eigenvalue weighted by Crippen LogP contribution is -2.37. The molecular formula is C25H22F3N5O. The number of hydrogen-bond donors (Lipinski definition) is 1. The average molecular weight is 465 g/mol. The quantitative estimate of drug-likeness (QED) is 0.436. The predicted octanol–water partition coefficient (Wildman–Crippen LogP) is 5.27. The molecule has 5 rings (SSSR count). The van der Waals surface area contributed by atoms with Gasteiger partial charge in [0.2, 0.25) is 0 Å². The van der Waals surface area contributed by atoms with Crippen LogP contribution in [0.25, 0.3) is 11.0 Å². The van der Waals surface area contributed by atoms with Crippen LogP contribution in [0.15, 0.2) is 60.9 Å². The lowest BCUT2D eigenvalue weighted by Gasteiger charge is -2.31. The molecule has 0 saturated carbocycles. The zero-order valence-corrected chi connectivity index (χ0v) is 18.4. The second-order valence-electron chi connectivity index (χ2n) is 8.44. The fourth-order valence-electron chi connectivity index (χ4n) is 4.03. The molecule has 0 atom stereocenters. The number of aryl methyl sites for hydroxylation is 1. The fourth-order valence-corrected chi connectivity index (χ4v) is 4.03. The molecule has 0 unspecified atom stereocenters. The van der Waals surface area contributed by atoms with E-state index in [9.17, 15) is 18.0 Å². The van der Waals surface area contributed by atoms with Crippen LogP contribution in [0, 0.1) is 6.92 Å². The van der Waals surface area contributed by atoms with E-state index in [-0.39, 0.29) is 11.1 Å². The molecule has 0 radical (unpaired) electrons. The second kappa shape index (κ2) is 8.48. The number of aromatic nitrogens is 3. The number of alkyl halides is 3. The molecule has 34 heavy (non-hydrogen) atoms. The molecule has 0 aliphatic carbocycles. The Morgan fingerprint density at radius 1 is 1.06 bits per heavy atom. The third kappa shape index (κ3) is 4.33. The molecule has 1 N–H and O–H groups in total. The number of nitrogens with zero attached hydrogens (tertiary/aromatic N) is 4. The van der Waals surface area contributed by atoms with Gasteiger partial charge >= 0.3 is 6.18 Å². The number of nitrogens with one attached hydrogen (secondary N) is 1. The zero-order chi connectivity index (χ0) is 23.9. The molecule has 0 spiro atoms. The molecule has 1 aromatic carbocycles. The number of hydrogen-bond acceptors (Lipinski definition) is 4. The Balaban J connectivity index is 1.50.